The fraction of sp³-hybridized carbons (Fsp3) is 0.364. The van der Waals surface area contributed by atoms with Gasteiger partial charge in [0, 0.05) is 30.5 Å². The summed E-state index contributed by atoms with van der Waals surface area (Å²) in [5.74, 6) is -0.963. The number of aromatic nitrogens is 3. The number of halogens is 2. The Morgan fingerprint density at radius 3 is 2.57 bits per heavy atom. The fourth-order valence-corrected chi connectivity index (χ4v) is 4.20. The van der Waals surface area contributed by atoms with Crippen LogP contribution in [0.15, 0.2) is 42.7 Å². The summed E-state index contributed by atoms with van der Waals surface area (Å²) in [4.78, 5) is 6.60. The second-order valence-corrected chi connectivity index (χ2v) is 8.13. The Morgan fingerprint density at radius 1 is 1.03 bits per heavy atom. The minimum Gasteiger partial charge on any atom is -0.371 e. The molecule has 3 aromatic rings. The van der Waals surface area contributed by atoms with Gasteiger partial charge in [-0.3, -0.25) is 0 Å². The van der Waals surface area contributed by atoms with E-state index < -0.39 is 11.6 Å². The lowest BCUT2D eigenvalue weighted by atomic mass is 9.78. The third kappa shape index (κ3) is 3.75. The quantitative estimate of drug-likeness (QED) is 0.692. The van der Waals surface area contributed by atoms with Crippen molar-refractivity contribution >= 4 is 17.3 Å². The van der Waals surface area contributed by atoms with Crippen LogP contribution in [0.2, 0.25) is 0 Å². The standard InChI is InChI=1S/C22H23F2N5O/c1-15-7-18(12-19(8-15)28-5-6-30-22(13-28)3-2-4-22)26-21-25-14-29(27-21)20-10-16(23)9-17(24)11-20/h7-12,14H,2-6,13H2,1H3,(H,26,27). The van der Waals surface area contributed by atoms with Gasteiger partial charge in [0.2, 0.25) is 5.95 Å². The largest absolute Gasteiger partial charge is 0.371 e. The Labute approximate surface area is 173 Å². The molecule has 5 rings (SSSR count). The Bertz CT molecular complexity index is 1060. The maximum Gasteiger partial charge on any atom is 0.246 e. The smallest absolute Gasteiger partial charge is 0.246 e. The zero-order chi connectivity index (χ0) is 20.7. The predicted molar refractivity (Wildman–Crippen MR) is 110 cm³/mol. The summed E-state index contributed by atoms with van der Waals surface area (Å²) >= 11 is 0. The highest BCUT2D eigenvalue weighted by atomic mass is 19.1. The average Bonchev–Trinajstić information content (AvgIpc) is 3.14. The Hall–Kier alpha value is -3.00. The molecule has 30 heavy (non-hydrogen) atoms. The molecule has 6 nitrogen and oxygen atoms in total. The zero-order valence-electron chi connectivity index (χ0n) is 16.7. The van der Waals surface area contributed by atoms with Crippen LogP contribution in [0.25, 0.3) is 5.69 Å². The van der Waals surface area contributed by atoms with Gasteiger partial charge in [0.1, 0.15) is 18.0 Å². The number of rotatable bonds is 4. The van der Waals surface area contributed by atoms with E-state index in [4.69, 9.17) is 4.74 Å². The third-order valence-corrected chi connectivity index (χ3v) is 5.80. The van der Waals surface area contributed by atoms with Gasteiger partial charge in [-0.25, -0.2) is 13.5 Å². The van der Waals surface area contributed by atoms with Crippen molar-refractivity contribution in [2.75, 3.05) is 29.9 Å². The first kappa shape index (κ1) is 19.0. The molecule has 0 unspecified atom stereocenters. The zero-order valence-corrected chi connectivity index (χ0v) is 16.7. The van der Waals surface area contributed by atoms with Crippen LogP contribution in [0.4, 0.5) is 26.1 Å². The molecule has 2 aromatic carbocycles. The first-order valence-corrected chi connectivity index (χ1v) is 10.1. The van der Waals surface area contributed by atoms with Crippen molar-refractivity contribution in [1.82, 2.24) is 14.8 Å². The molecule has 0 amide bonds. The number of anilines is 3. The molecule has 2 heterocycles. The number of hydrogen-bond donors (Lipinski definition) is 1. The SMILES string of the molecule is Cc1cc(Nc2ncn(-c3cc(F)cc(F)c3)n2)cc(N2CCOC3(CCC3)C2)c1. The van der Waals surface area contributed by atoms with Gasteiger partial charge in [-0.1, -0.05) is 0 Å². The molecule has 1 saturated carbocycles. The number of benzene rings is 2. The van der Waals surface area contributed by atoms with Gasteiger partial charge < -0.3 is 15.0 Å². The van der Waals surface area contributed by atoms with Crippen molar-refractivity contribution in [3.63, 3.8) is 0 Å². The summed E-state index contributed by atoms with van der Waals surface area (Å²) in [6.07, 6.45) is 4.92. The minimum atomic E-state index is -0.659. The first-order valence-electron chi connectivity index (χ1n) is 10.1. The summed E-state index contributed by atoms with van der Waals surface area (Å²) in [7, 11) is 0. The minimum absolute atomic E-state index is 0.0240. The van der Waals surface area contributed by atoms with E-state index in [1.54, 1.807) is 0 Å². The lowest BCUT2D eigenvalue weighted by Gasteiger charge is -2.49. The molecule has 0 atom stereocenters. The Morgan fingerprint density at radius 2 is 1.83 bits per heavy atom. The maximum absolute atomic E-state index is 13.5. The highest BCUT2D eigenvalue weighted by Gasteiger charge is 2.42. The number of ether oxygens (including phenoxy) is 1. The predicted octanol–water partition coefficient (Wildman–Crippen LogP) is 4.36. The van der Waals surface area contributed by atoms with Crippen LogP contribution in [0.1, 0.15) is 24.8 Å². The van der Waals surface area contributed by atoms with E-state index >= 15 is 0 Å². The molecule has 2 aliphatic rings. The number of nitrogens with zero attached hydrogens (tertiary/aromatic N) is 4. The number of morpholine rings is 1. The van der Waals surface area contributed by atoms with E-state index in [0.29, 0.717) is 5.95 Å². The van der Waals surface area contributed by atoms with Crippen molar-refractivity contribution in [3.05, 3.63) is 59.9 Å². The molecule has 1 saturated heterocycles. The normalized spacial score (nSPS) is 17.8. The van der Waals surface area contributed by atoms with Crippen molar-refractivity contribution in [3.8, 4) is 5.69 Å². The molecule has 1 N–H and O–H groups in total. The van der Waals surface area contributed by atoms with Gasteiger partial charge in [0.25, 0.3) is 0 Å². The summed E-state index contributed by atoms with van der Waals surface area (Å²) in [5, 5.41) is 7.51. The van der Waals surface area contributed by atoms with Crippen molar-refractivity contribution < 1.29 is 13.5 Å². The second kappa shape index (κ2) is 7.36. The van der Waals surface area contributed by atoms with E-state index in [1.165, 1.54) is 29.6 Å². The van der Waals surface area contributed by atoms with Gasteiger partial charge in [-0.15, -0.1) is 5.10 Å². The van der Waals surface area contributed by atoms with Crippen LogP contribution in [0.5, 0.6) is 0 Å². The number of nitrogens with one attached hydrogen (secondary N) is 1. The second-order valence-electron chi connectivity index (χ2n) is 8.13. The fourth-order valence-electron chi connectivity index (χ4n) is 4.20. The monoisotopic (exact) mass is 411 g/mol. The van der Waals surface area contributed by atoms with E-state index in [2.05, 4.69) is 39.4 Å². The van der Waals surface area contributed by atoms with Crippen LogP contribution in [-0.2, 0) is 4.74 Å². The van der Waals surface area contributed by atoms with Gasteiger partial charge in [-0.2, -0.15) is 4.98 Å². The molecule has 1 aromatic heterocycles. The average molecular weight is 411 g/mol. The summed E-state index contributed by atoms with van der Waals surface area (Å²) in [5.41, 5.74) is 3.42. The lowest BCUT2D eigenvalue weighted by molar-refractivity contribution is -0.106. The third-order valence-electron chi connectivity index (χ3n) is 5.80. The van der Waals surface area contributed by atoms with Crippen LogP contribution >= 0.6 is 0 Å². The summed E-state index contributed by atoms with van der Waals surface area (Å²) < 4.78 is 34.4. The highest BCUT2D eigenvalue weighted by molar-refractivity contribution is 5.64. The van der Waals surface area contributed by atoms with Gasteiger partial charge in [0.15, 0.2) is 0 Å². The molecule has 2 fully saturated rings. The summed E-state index contributed by atoms with van der Waals surface area (Å²) in [6.45, 7) is 4.57. The lowest BCUT2D eigenvalue weighted by Crippen LogP contribution is -2.55. The topological polar surface area (TPSA) is 55.2 Å². The molecule has 1 spiro atoms. The van der Waals surface area contributed by atoms with Gasteiger partial charge in [-0.05, 0) is 62.1 Å². The van der Waals surface area contributed by atoms with Crippen LogP contribution < -0.4 is 10.2 Å². The molecule has 0 radical (unpaired) electrons. The molecule has 1 aliphatic heterocycles. The molecular formula is C22H23F2N5O. The maximum atomic E-state index is 13.5. The van der Waals surface area contributed by atoms with E-state index in [9.17, 15) is 8.78 Å². The van der Waals surface area contributed by atoms with Crippen LogP contribution in [0, 0.1) is 18.6 Å². The van der Waals surface area contributed by atoms with E-state index in [1.807, 2.05) is 6.07 Å². The number of aryl methyl sites for hydroxylation is 1. The van der Waals surface area contributed by atoms with Crippen molar-refractivity contribution in [1.29, 1.82) is 0 Å². The van der Waals surface area contributed by atoms with Crippen molar-refractivity contribution in [2.45, 2.75) is 31.8 Å². The highest BCUT2D eigenvalue weighted by Crippen LogP contribution is 2.39. The van der Waals surface area contributed by atoms with Gasteiger partial charge >= 0.3 is 0 Å². The summed E-state index contributed by atoms with van der Waals surface area (Å²) in [6, 6.07) is 9.51. The molecule has 8 heteroatoms. The first-order chi connectivity index (χ1) is 14.5. The van der Waals surface area contributed by atoms with E-state index in [0.717, 1.165) is 55.5 Å². The van der Waals surface area contributed by atoms with Crippen LogP contribution in [0.3, 0.4) is 0 Å². The van der Waals surface area contributed by atoms with E-state index in [-0.39, 0.29) is 11.3 Å². The van der Waals surface area contributed by atoms with Crippen LogP contribution in [-0.4, -0.2) is 40.1 Å². The Balaban J connectivity index is 1.36. The molecule has 0 bridgehead atoms. The Kier molecular flexibility index (Phi) is 4.66. The molecule has 156 valence electrons. The van der Waals surface area contributed by atoms with Gasteiger partial charge in [0.05, 0.1) is 17.9 Å². The molecule has 1 aliphatic carbocycles. The molecular weight excluding hydrogens is 388 g/mol. The van der Waals surface area contributed by atoms with Crippen molar-refractivity contribution in [2.24, 2.45) is 0 Å². The number of hydrogen-bond acceptors (Lipinski definition) is 5.